The molecule has 0 nitrogen and oxygen atoms in total. The molecule has 0 heterocycles. The molecule has 0 N–H and O–H groups in total. The molecule has 0 aliphatic heterocycles. The van der Waals surface area contributed by atoms with E-state index in [-0.39, 0.29) is 23.1 Å². The maximum atomic E-state index is 3.91. The predicted octanol–water partition coefficient (Wildman–Crippen LogP) is 3.72. The summed E-state index contributed by atoms with van der Waals surface area (Å²) in [6, 6.07) is 0. The normalized spacial score (nSPS) is 9.50. The first-order valence-electron chi connectivity index (χ1n) is 4.56. The maximum absolute atomic E-state index is 3.91. The second kappa shape index (κ2) is 12.0. The molecule has 2 heteroatoms. The summed E-state index contributed by atoms with van der Waals surface area (Å²) in [6.45, 7) is 16.5. The van der Waals surface area contributed by atoms with Gasteiger partial charge in [-0.15, -0.1) is 8.07 Å². The van der Waals surface area contributed by atoms with E-state index in [0.29, 0.717) is 0 Å². The van der Waals surface area contributed by atoms with Crippen molar-refractivity contribution in [2.24, 2.45) is 0 Å². The van der Waals surface area contributed by atoms with Crippen LogP contribution in [0.2, 0.25) is 19.6 Å². The van der Waals surface area contributed by atoms with Gasteiger partial charge in [0, 0.05) is 0 Å². The third-order valence-corrected chi connectivity index (χ3v) is 0.854. The molecule has 0 spiro atoms. The molecule has 70 valence electrons. The Morgan fingerprint density at radius 1 is 1.08 bits per heavy atom. The Kier molecular flexibility index (Phi) is 18.7. The van der Waals surface area contributed by atoms with Crippen molar-refractivity contribution in [3.8, 4) is 0 Å². The zero-order chi connectivity index (χ0) is 9.33. The summed E-state index contributed by atoms with van der Waals surface area (Å²) in [5, 5.41) is 0. The third kappa shape index (κ3) is 69.0. The summed E-state index contributed by atoms with van der Waals surface area (Å²) in [6.07, 6.45) is 5.07. The summed E-state index contributed by atoms with van der Waals surface area (Å²) in [5.74, 6) is 0. The second-order valence-corrected chi connectivity index (χ2v) is 9.24. The van der Waals surface area contributed by atoms with E-state index in [9.17, 15) is 0 Å². The van der Waals surface area contributed by atoms with Gasteiger partial charge >= 0.3 is 23.1 Å². The van der Waals surface area contributed by atoms with Gasteiger partial charge in [-0.1, -0.05) is 45.8 Å². The quantitative estimate of drug-likeness (QED) is 0.367. The van der Waals surface area contributed by atoms with Crippen molar-refractivity contribution >= 4 is 31.1 Å². The molecule has 0 bridgehead atoms. The number of unbranched alkanes of at least 4 members (excludes halogenated alkanes) is 3. The van der Waals surface area contributed by atoms with Crippen molar-refractivity contribution in [1.29, 1.82) is 0 Å². The monoisotopic (exact) mass is 196 g/mol. The van der Waals surface area contributed by atoms with E-state index in [0.717, 1.165) is 6.42 Å². The Labute approximate surface area is 96.7 Å². The first-order chi connectivity index (χ1) is 4.91. The summed E-state index contributed by atoms with van der Waals surface area (Å²) in [7, 11) is -0.861. The molecule has 0 aliphatic carbocycles. The zero-order valence-electron chi connectivity index (χ0n) is 9.45. The van der Waals surface area contributed by atoms with Crippen molar-refractivity contribution in [1.82, 2.24) is 0 Å². The predicted molar refractivity (Wildman–Crippen MR) is 64.0 cm³/mol. The molecule has 0 aromatic carbocycles. The van der Waals surface area contributed by atoms with Gasteiger partial charge in [-0.05, 0) is 0 Å². The molecule has 0 unspecified atom stereocenters. The van der Waals surface area contributed by atoms with Crippen LogP contribution in [0.5, 0.6) is 0 Å². The molecule has 0 radical (unpaired) electrons. The number of hydrogen-bond donors (Lipinski definition) is 0. The molecule has 0 aromatic heterocycles. The number of hydrogen-bond acceptors (Lipinski definition) is 0. The molecule has 0 saturated heterocycles. The van der Waals surface area contributed by atoms with Gasteiger partial charge in [0.1, 0.15) is 0 Å². The van der Waals surface area contributed by atoms with Gasteiger partial charge in [0.05, 0.1) is 0 Å². The van der Waals surface area contributed by atoms with E-state index in [1.165, 1.54) is 19.3 Å². The maximum Gasteiger partial charge on any atom is 2.00 e. The van der Waals surface area contributed by atoms with E-state index in [1.807, 2.05) is 0 Å². The van der Waals surface area contributed by atoms with Gasteiger partial charge in [-0.3, -0.25) is 0 Å². The first-order valence-corrected chi connectivity index (χ1v) is 8.27. The average Bonchev–Trinajstić information content (AvgIpc) is 1.79. The largest absolute Gasteiger partial charge is 2.00 e. The first kappa shape index (κ1) is 18.7. The van der Waals surface area contributed by atoms with Crippen LogP contribution in [-0.2, 0) is 0 Å². The van der Waals surface area contributed by atoms with Crippen LogP contribution >= 0.6 is 0 Å². The van der Waals surface area contributed by atoms with Crippen molar-refractivity contribution in [2.75, 3.05) is 0 Å². The van der Waals surface area contributed by atoms with E-state index in [4.69, 9.17) is 0 Å². The van der Waals surface area contributed by atoms with Gasteiger partial charge in [0.2, 0.25) is 0 Å². The van der Waals surface area contributed by atoms with Crippen LogP contribution in [0.15, 0.2) is 0 Å². The van der Waals surface area contributed by atoms with E-state index >= 15 is 0 Å². The minimum atomic E-state index is -0.861. The van der Waals surface area contributed by atoms with Crippen LogP contribution in [0.3, 0.4) is 0 Å². The van der Waals surface area contributed by atoms with Gasteiger partial charge in [-0.25, -0.2) is 0 Å². The smallest absolute Gasteiger partial charge is 0.343 e. The van der Waals surface area contributed by atoms with Crippen LogP contribution in [-0.4, -0.2) is 31.1 Å². The van der Waals surface area contributed by atoms with E-state index in [2.05, 4.69) is 40.0 Å². The second-order valence-electron chi connectivity index (χ2n) is 4.12. The van der Waals surface area contributed by atoms with E-state index < -0.39 is 8.07 Å². The molecule has 0 aliphatic rings. The Hall–Kier alpha value is 0.983. The van der Waals surface area contributed by atoms with Crippen molar-refractivity contribution in [2.45, 2.75) is 52.2 Å². The van der Waals surface area contributed by atoms with Crippen molar-refractivity contribution in [3.05, 3.63) is 13.5 Å². The Morgan fingerprint density at radius 3 is 1.50 bits per heavy atom. The van der Waals surface area contributed by atoms with Crippen molar-refractivity contribution in [3.63, 3.8) is 0 Å². The van der Waals surface area contributed by atoms with Gasteiger partial charge in [0.25, 0.3) is 0 Å². The molecule has 0 saturated carbocycles. The molecular formula is C10H24MgSi. The average molecular weight is 197 g/mol. The molecule has 0 rings (SSSR count). The molecular weight excluding hydrogens is 173 g/mol. The van der Waals surface area contributed by atoms with Gasteiger partial charge in [-0.2, -0.15) is 6.42 Å². The van der Waals surface area contributed by atoms with E-state index in [1.54, 1.807) is 0 Å². The minimum Gasteiger partial charge on any atom is -0.343 e. The SMILES string of the molecule is [CH2-]CCCCC.[CH2-][Si](C)(C)C.[Mg+2]. The van der Waals surface area contributed by atoms with Crippen LogP contribution in [0.4, 0.5) is 0 Å². The van der Waals surface area contributed by atoms with Gasteiger partial charge in [0.15, 0.2) is 0 Å². The van der Waals surface area contributed by atoms with Crippen LogP contribution in [0.1, 0.15) is 32.6 Å². The van der Waals surface area contributed by atoms with Crippen LogP contribution in [0, 0.1) is 13.5 Å². The van der Waals surface area contributed by atoms with Gasteiger partial charge < -0.3 is 13.5 Å². The standard InChI is InChI=1S/C6H13.C4H11Si.Mg/c1-3-5-6-4-2;1-5(2,3)4;/h1,3-6H2,2H3;1H2,2-4H3;/q2*-1;+2. The zero-order valence-corrected chi connectivity index (χ0v) is 11.9. The molecule has 0 aromatic rings. The topological polar surface area (TPSA) is 0 Å². The summed E-state index contributed by atoms with van der Waals surface area (Å²) in [5.41, 5.74) is 0. The fourth-order valence-corrected chi connectivity index (χ4v) is 0.427. The molecule has 0 amide bonds. The summed E-state index contributed by atoms with van der Waals surface area (Å²) < 4.78 is 0. The molecule has 0 fully saturated rings. The fraction of sp³-hybridized carbons (Fsp3) is 0.800. The Balaban J connectivity index is -0.000000126. The summed E-state index contributed by atoms with van der Waals surface area (Å²) >= 11 is 0. The van der Waals surface area contributed by atoms with Crippen LogP contribution < -0.4 is 0 Å². The molecule has 12 heavy (non-hydrogen) atoms. The fourth-order valence-electron chi connectivity index (χ4n) is 0.427. The van der Waals surface area contributed by atoms with Crippen LogP contribution in [0.25, 0.3) is 0 Å². The molecule has 0 atom stereocenters. The Bertz CT molecular complexity index is 56.7. The number of rotatable bonds is 3. The third-order valence-electron chi connectivity index (χ3n) is 0.854. The Morgan fingerprint density at radius 2 is 1.42 bits per heavy atom. The van der Waals surface area contributed by atoms with Crippen molar-refractivity contribution < 1.29 is 0 Å². The summed E-state index contributed by atoms with van der Waals surface area (Å²) in [4.78, 5) is 0. The minimum absolute atomic E-state index is 0.